The van der Waals surface area contributed by atoms with E-state index in [0.717, 1.165) is 43.9 Å². The minimum absolute atomic E-state index is 0.342. The maximum Gasteiger partial charge on any atom is 0.0618 e. The standard InChI is InChI=1S/C10H21N3OS/c1-11-10-4-7-15(14,8-10)13-9-2-5-12-6-3-9/h9-12H,2-8H2,1H3. The highest BCUT2D eigenvalue weighted by Gasteiger charge is 2.26. The zero-order chi connectivity index (χ0) is 10.7. The third-order valence-electron chi connectivity index (χ3n) is 3.30. The molecular formula is C10H21N3OS. The van der Waals surface area contributed by atoms with Gasteiger partial charge in [0.05, 0.1) is 6.04 Å². The summed E-state index contributed by atoms with van der Waals surface area (Å²) in [6.07, 6.45) is 3.13. The molecule has 88 valence electrons. The van der Waals surface area contributed by atoms with Gasteiger partial charge in [-0.05, 0) is 39.4 Å². The largest absolute Gasteiger partial charge is 0.317 e. The summed E-state index contributed by atoms with van der Waals surface area (Å²) in [6, 6.07) is 0.761. The van der Waals surface area contributed by atoms with Gasteiger partial charge in [0, 0.05) is 27.3 Å². The lowest BCUT2D eigenvalue weighted by atomic mass is 10.1. The Morgan fingerprint density at radius 3 is 2.67 bits per heavy atom. The van der Waals surface area contributed by atoms with Crippen molar-refractivity contribution in [2.75, 3.05) is 31.6 Å². The number of piperidine rings is 1. The molecule has 0 aliphatic carbocycles. The molecule has 15 heavy (non-hydrogen) atoms. The van der Waals surface area contributed by atoms with Gasteiger partial charge in [0.2, 0.25) is 0 Å². The first-order chi connectivity index (χ1) is 7.22. The van der Waals surface area contributed by atoms with Crippen molar-refractivity contribution in [2.45, 2.75) is 31.3 Å². The van der Waals surface area contributed by atoms with Gasteiger partial charge in [-0.3, -0.25) is 0 Å². The lowest BCUT2D eigenvalue weighted by molar-refractivity contribution is 0.461. The summed E-state index contributed by atoms with van der Waals surface area (Å²) in [7, 11) is 0.0649. The minimum Gasteiger partial charge on any atom is -0.317 e. The quantitative estimate of drug-likeness (QED) is 0.714. The van der Waals surface area contributed by atoms with Gasteiger partial charge in [0.15, 0.2) is 0 Å². The van der Waals surface area contributed by atoms with Crippen LogP contribution in [0.4, 0.5) is 0 Å². The zero-order valence-electron chi connectivity index (χ0n) is 9.37. The molecule has 0 spiro atoms. The van der Waals surface area contributed by atoms with Crippen LogP contribution in [-0.2, 0) is 9.73 Å². The van der Waals surface area contributed by atoms with Crippen molar-refractivity contribution < 1.29 is 4.21 Å². The summed E-state index contributed by atoms with van der Waals surface area (Å²) in [6.45, 7) is 2.05. The fourth-order valence-electron chi connectivity index (χ4n) is 2.31. The van der Waals surface area contributed by atoms with Crippen LogP contribution in [0.2, 0.25) is 0 Å². The van der Waals surface area contributed by atoms with E-state index in [-0.39, 0.29) is 0 Å². The smallest absolute Gasteiger partial charge is 0.0618 e. The molecule has 5 heteroatoms. The van der Waals surface area contributed by atoms with E-state index in [1.54, 1.807) is 0 Å². The fourth-order valence-corrected chi connectivity index (χ4v) is 5.04. The highest BCUT2D eigenvalue weighted by Crippen LogP contribution is 2.18. The van der Waals surface area contributed by atoms with Gasteiger partial charge >= 0.3 is 0 Å². The van der Waals surface area contributed by atoms with Crippen LogP contribution in [-0.4, -0.2) is 47.9 Å². The monoisotopic (exact) mass is 231 g/mol. The van der Waals surface area contributed by atoms with Gasteiger partial charge < -0.3 is 10.6 Å². The molecule has 2 atom stereocenters. The average molecular weight is 231 g/mol. The Balaban J connectivity index is 2.02. The molecule has 0 aromatic carbocycles. The maximum atomic E-state index is 12.4. The zero-order valence-corrected chi connectivity index (χ0v) is 10.2. The maximum absolute atomic E-state index is 12.4. The van der Waals surface area contributed by atoms with E-state index >= 15 is 0 Å². The number of hydrogen-bond donors (Lipinski definition) is 2. The Labute approximate surface area is 92.4 Å². The van der Waals surface area contributed by atoms with Crippen LogP contribution in [0.3, 0.4) is 0 Å². The first-order valence-corrected chi connectivity index (χ1v) is 7.67. The molecule has 2 fully saturated rings. The van der Waals surface area contributed by atoms with E-state index in [9.17, 15) is 4.21 Å². The second-order valence-corrected chi connectivity index (χ2v) is 7.00. The molecule has 2 heterocycles. The van der Waals surface area contributed by atoms with Crippen molar-refractivity contribution in [3.63, 3.8) is 0 Å². The summed E-state index contributed by atoms with van der Waals surface area (Å²) < 4.78 is 17.0. The van der Waals surface area contributed by atoms with Gasteiger partial charge in [0.1, 0.15) is 0 Å². The molecule has 0 aromatic heterocycles. The highest BCUT2D eigenvalue weighted by molar-refractivity contribution is 7.93. The summed E-state index contributed by atoms with van der Waals surface area (Å²) >= 11 is 0. The number of hydrogen-bond acceptors (Lipinski definition) is 4. The molecule has 4 nitrogen and oxygen atoms in total. The molecule has 0 aromatic rings. The van der Waals surface area contributed by atoms with Crippen molar-refractivity contribution in [2.24, 2.45) is 4.36 Å². The molecule has 2 rings (SSSR count). The number of nitrogens with one attached hydrogen (secondary N) is 2. The van der Waals surface area contributed by atoms with Gasteiger partial charge in [-0.1, -0.05) is 0 Å². The molecule has 0 bridgehead atoms. The Bertz CT molecular complexity index is 317. The third-order valence-corrected chi connectivity index (χ3v) is 5.78. The van der Waals surface area contributed by atoms with Crippen molar-refractivity contribution in [1.82, 2.24) is 10.6 Å². The van der Waals surface area contributed by atoms with Crippen molar-refractivity contribution >= 4 is 9.73 Å². The summed E-state index contributed by atoms with van der Waals surface area (Å²) in [5, 5.41) is 6.51. The summed E-state index contributed by atoms with van der Waals surface area (Å²) in [4.78, 5) is 0. The van der Waals surface area contributed by atoms with Gasteiger partial charge in [-0.15, -0.1) is 0 Å². The predicted octanol–water partition coefficient (Wildman–Crippen LogP) is 0.198. The molecule has 2 unspecified atom stereocenters. The van der Waals surface area contributed by atoms with Gasteiger partial charge in [-0.25, -0.2) is 8.57 Å². The fraction of sp³-hybridized carbons (Fsp3) is 1.00. The Hall–Kier alpha value is -0.130. The average Bonchev–Trinajstić information content (AvgIpc) is 2.61. The van der Waals surface area contributed by atoms with Crippen molar-refractivity contribution in [3.05, 3.63) is 0 Å². The van der Waals surface area contributed by atoms with E-state index in [2.05, 4.69) is 15.0 Å². The van der Waals surface area contributed by atoms with Crippen LogP contribution in [0.15, 0.2) is 4.36 Å². The second-order valence-electron chi connectivity index (χ2n) is 4.50. The Morgan fingerprint density at radius 1 is 1.33 bits per heavy atom. The molecule has 2 aliphatic rings. The van der Waals surface area contributed by atoms with Crippen LogP contribution in [0, 0.1) is 0 Å². The van der Waals surface area contributed by atoms with E-state index < -0.39 is 9.73 Å². The number of rotatable bonds is 2. The SMILES string of the molecule is CNC1CCS(=O)(=NC2CCNCC2)C1. The lowest BCUT2D eigenvalue weighted by Gasteiger charge is -2.19. The van der Waals surface area contributed by atoms with E-state index in [1.807, 2.05) is 7.05 Å². The Kier molecular flexibility index (Phi) is 3.64. The second kappa shape index (κ2) is 4.80. The van der Waals surface area contributed by atoms with E-state index in [4.69, 9.17) is 0 Å². The normalized spacial score (nSPS) is 38.1. The molecule has 0 radical (unpaired) electrons. The van der Waals surface area contributed by atoms with Crippen molar-refractivity contribution in [1.29, 1.82) is 0 Å². The Morgan fingerprint density at radius 2 is 2.07 bits per heavy atom. The van der Waals surface area contributed by atoms with Gasteiger partial charge in [0.25, 0.3) is 0 Å². The van der Waals surface area contributed by atoms with Crippen LogP contribution in [0.5, 0.6) is 0 Å². The third kappa shape index (κ3) is 2.92. The molecule has 0 amide bonds. The van der Waals surface area contributed by atoms with Crippen molar-refractivity contribution in [3.8, 4) is 0 Å². The molecule has 0 saturated carbocycles. The minimum atomic E-state index is -1.88. The molecular weight excluding hydrogens is 210 g/mol. The summed E-state index contributed by atoms with van der Waals surface area (Å²) in [5.41, 5.74) is 0. The predicted molar refractivity (Wildman–Crippen MR) is 63.7 cm³/mol. The van der Waals surface area contributed by atoms with E-state index in [1.165, 1.54) is 0 Å². The lowest BCUT2D eigenvalue weighted by Crippen LogP contribution is -2.31. The first-order valence-electron chi connectivity index (χ1n) is 5.81. The van der Waals surface area contributed by atoms with Gasteiger partial charge in [-0.2, -0.15) is 0 Å². The van der Waals surface area contributed by atoms with Crippen LogP contribution >= 0.6 is 0 Å². The van der Waals surface area contributed by atoms with E-state index in [0.29, 0.717) is 12.1 Å². The molecule has 2 saturated heterocycles. The molecule has 2 N–H and O–H groups in total. The van der Waals surface area contributed by atoms with Crippen LogP contribution < -0.4 is 10.6 Å². The topological polar surface area (TPSA) is 53.5 Å². The van der Waals surface area contributed by atoms with Crippen LogP contribution in [0.25, 0.3) is 0 Å². The molecule has 2 aliphatic heterocycles. The first kappa shape index (κ1) is 11.4. The van der Waals surface area contributed by atoms with Crippen LogP contribution in [0.1, 0.15) is 19.3 Å². The summed E-state index contributed by atoms with van der Waals surface area (Å²) in [5.74, 6) is 1.55. The number of nitrogens with zero attached hydrogens (tertiary/aromatic N) is 1. The highest BCUT2D eigenvalue weighted by atomic mass is 32.2.